The van der Waals surface area contributed by atoms with E-state index in [1.165, 1.54) is 64.8 Å². The van der Waals surface area contributed by atoms with Gasteiger partial charge in [-0.25, -0.2) is 0 Å². The highest BCUT2D eigenvalue weighted by molar-refractivity contribution is 8.00. The maximum absolute atomic E-state index is 2.43. The quantitative estimate of drug-likeness (QED) is 0.175. The molecule has 3 aliphatic rings. The fourth-order valence-corrected chi connectivity index (χ4v) is 10.9. The van der Waals surface area contributed by atoms with E-state index in [1.54, 1.807) is 0 Å². The van der Waals surface area contributed by atoms with Gasteiger partial charge in [-0.3, -0.25) is 0 Å². The van der Waals surface area contributed by atoms with Gasteiger partial charge in [-0.15, -0.1) is 0 Å². The summed E-state index contributed by atoms with van der Waals surface area (Å²) in [6.45, 7) is 0.283. The van der Waals surface area contributed by atoms with Gasteiger partial charge in [-0.05, 0) is 70.8 Å². The van der Waals surface area contributed by atoms with Crippen LogP contribution in [0.5, 0.6) is 0 Å². The molecule has 246 valence electrons. The SMILES string of the molecule is c1ccc(N(c2ccccc2)c2ccc(B3c4ccccc4C4(c5ccccc53)c3ccccc3B3c5ccccc5Sc5cccc4c53)cc2)cc1. The van der Waals surface area contributed by atoms with Crippen LogP contribution in [0.4, 0.5) is 17.1 Å². The Hall–Kier alpha value is -5.96. The summed E-state index contributed by atoms with van der Waals surface area (Å²) in [6, 6.07) is 74.6. The summed E-state index contributed by atoms with van der Waals surface area (Å²) in [4.78, 5) is 5.07. The molecule has 3 aliphatic heterocycles. The molecule has 0 aliphatic carbocycles. The molecule has 0 fully saturated rings. The van der Waals surface area contributed by atoms with Crippen molar-refractivity contribution in [2.24, 2.45) is 0 Å². The normalized spacial score (nSPS) is 14.0. The number of benzene rings is 8. The molecule has 0 saturated heterocycles. The Morgan fingerprint density at radius 2 is 0.774 bits per heavy atom. The number of rotatable bonds is 4. The summed E-state index contributed by atoms with van der Waals surface area (Å²) in [5.74, 6) is 0. The molecule has 1 nitrogen and oxygen atoms in total. The van der Waals surface area contributed by atoms with Gasteiger partial charge >= 0.3 is 0 Å². The molecular formula is C49H33B2NS. The van der Waals surface area contributed by atoms with Gasteiger partial charge in [0.2, 0.25) is 13.4 Å². The second-order valence-corrected chi connectivity index (χ2v) is 15.4. The Morgan fingerprint density at radius 3 is 1.36 bits per heavy atom. The molecule has 8 aromatic rings. The molecule has 0 unspecified atom stereocenters. The summed E-state index contributed by atoms with van der Waals surface area (Å²) in [7, 11) is 0. The number of hydrogen-bond acceptors (Lipinski definition) is 2. The second kappa shape index (κ2) is 12.0. The average molecular weight is 690 g/mol. The zero-order valence-corrected chi connectivity index (χ0v) is 29.9. The molecule has 4 heteroatoms. The fourth-order valence-electron chi connectivity index (χ4n) is 9.75. The maximum Gasteiger partial charge on any atom is 0.245 e. The summed E-state index contributed by atoms with van der Waals surface area (Å²) in [5, 5.41) is 0. The van der Waals surface area contributed by atoms with Gasteiger partial charge in [-0.1, -0.05) is 196 Å². The Labute approximate surface area is 316 Å². The van der Waals surface area contributed by atoms with Gasteiger partial charge in [-0.2, -0.15) is 0 Å². The first-order chi connectivity index (χ1) is 26.3. The largest absolute Gasteiger partial charge is 0.311 e. The Morgan fingerprint density at radius 1 is 0.340 bits per heavy atom. The van der Waals surface area contributed by atoms with Crippen molar-refractivity contribution in [1.82, 2.24) is 0 Å². The Kier molecular flexibility index (Phi) is 6.97. The van der Waals surface area contributed by atoms with E-state index in [1.807, 2.05) is 11.8 Å². The zero-order valence-electron chi connectivity index (χ0n) is 29.1. The fraction of sp³-hybridized carbons (Fsp3) is 0.0204. The number of hydrogen-bond donors (Lipinski definition) is 0. The molecule has 0 radical (unpaired) electrons. The first kappa shape index (κ1) is 30.6. The highest BCUT2D eigenvalue weighted by Crippen LogP contribution is 2.48. The van der Waals surface area contributed by atoms with Crippen LogP contribution in [0.15, 0.2) is 210 Å². The predicted molar refractivity (Wildman–Crippen MR) is 226 cm³/mol. The van der Waals surface area contributed by atoms with E-state index < -0.39 is 5.41 Å². The van der Waals surface area contributed by atoms with Gasteiger partial charge in [0.1, 0.15) is 0 Å². The summed E-state index contributed by atoms with van der Waals surface area (Å²) < 4.78 is 0. The van der Waals surface area contributed by atoms with Crippen molar-refractivity contribution in [2.45, 2.75) is 15.2 Å². The van der Waals surface area contributed by atoms with Crippen LogP contribution in [0.3, 0.4) is 0 Å². The van der Waals surface area contributed by atoms with Crippen molar-refractivity contribution < 1.29 is 0 Å². The van der Waals surface area contributed by atoms with E-state index >= 15 is 0 Å². The van der Waals surface area contributed by atoms with E-state index in [0.29, 0.717) is 0 Å². The van der Waals surface area contributed by atoms with E-state index in [2.05, 4.69) is 205 Å². The van der Waals surface area contributed by atoms with E-state index in [4.69, 9.17) is 0 Å². The number of fused-ring (bicyclic) bond motifs is 10. The zero-order chi connectivity index (χ0) is 34.9. The molecule has 53 heavy (non-hydrogen) atoms. The summed E-state index contributed by atoms with van der Waals surface area (Å²) in [5.41, 5.74) is 16.9. The lowest BCUT2D eigenvalue weighted by Crippen LogP contribution is -2.68. The van der Waals surface area contributed by atoms with Crippen molar-refractivity contribution in [2.75, 3.05) is 4.90 Å². The first-order valence-corrected chi connectivity index (χ1v) is 19.3. The molecule has 0 N–H and O–H groups in total. The molecule has 1 spiro atoms. The first-order valence-electron chi connectivity index (χ1n) is 18.5. The lowest BCUT2D eigenvalue weighted by Gasteiger charge is -2.50. The van der Waals surface area contributed by atoms with E-state index in [-0.39, 0.29) is 13.4 Å². The summed E-state index contributed by atoms with van der Waals surface area (Å²) >= 11 is 1.93. The number of para-hydroxylation sites is 2. The molecule has 0 amide bonds. The molecular weight excluding hydrogens is 656 g/mol. The lowest BCUT2D eigenvalue weighted by atomic mass is 9.26. The van der Waals surface area contributed by atoms with Crippen LogP contribution in [-0.2, 0) is 5.41 Å². The third-order valence-electron chi connectivity index (χ3n) is 11.7. The minimum absolute atomic E-state index is 0.0866. The third kappa shape index (κ3) is 4.43. The average Bonchev–Trinajstić information content (AvgIpc) is 3.23. The van der Waals surface area contributed by atoms with Gasteiger partial charge < -0.3 is 4.90 Å². The monoisotopic (exact) mass is 689 g/mol. The molecule has 0 atom stereocenters. The van der Waals surface area contributed by atoms with Crippen LogP contribution in [0, 0.1) is 0 Å². The topological polar surface area (TPSA) is 3.24 Å². The van der Waals surface area contributed by atoms with Crippen LogP contribution >= 0.6 is 11.8 Å². The smallest absolute Gasteiger partial charge is 0.245 e. The van der Waals surface area contributed by atoms with Crippen LogP contribution in [0.25, 0.3) is 0 Å². The summed E-state index contributed by atoms with van der Waals surface area (Å²) in [6.07, 6.45) is 0. The van der Waals surface area contributed by atoms with E-state index in [0.717, 1.165) is 17.1 Å². The van der Waals surface area contributed by atoms with Crippen LogP contribution in [0.2, 0.25) is 0 Å². The third-order valence-corrected chi connectivity index (χ3v) is 12.9. The molecule has 0 bridgehead atoms. The maximum atomic E-state index is 2.43. The highest BCUT2D eigenvalue weighted by atomic mass is 32.2. The molecule has 11 rings (SSSR count). The van der Waals surface area contributed by atoms with Crippen molar-refractivity contribution in [3.05, 3.63) is 222 Å². The molecule has 3 heterocycles. The standard InChI is InChI=1S/C49H33B2NS/c1-3-16-35(17-4-1)52(36-18-5-2-6-19-36)37-32-30-34(31-33-37)50-42-24-10-7-20-38(42)49(39-21-8-11-25-43(39)50)40-22-9-12-26-44(40)51-45-27-13-14-28-46(45)53-47-29-15-23-41(49)48(47)51/h1-33H. The minimum atomic E-state index is -0.452. The molecule has 0 saturated carbocycles. The second-order valence-electron chi connectivity index (χ2n) is 14.3. The Balaban J connectivity index is 1.13. The molecule has 8 aromatic carbocycles. The number of anilines is 3. The minimum Gasteiger partial charge on any atom is -0.311 e. The van der Waals surface area contributed by atoms with Crippen molar-refractivity contribution in [3.63, 3.8) is 0 Å². The van der Waals surface area contributed by atoms with Gasteiger partial charge in [0, 0.05) is 26.9 Å². The number of nitrogens with zero attached hydrogens (tertiary/aromatic N) is 1. The van der Waals surface area contributed by atoms with Crippen LogP contribution in [-0.4, -0.2) is 13.4 Å². The van der Waals surface area contributed by atoms with Gasteiger partial charge in [0.15, 0.2) is 0 Å². The van der Waals surface area contributed by atoms with E-state index in [9.17, 15) is 0 Å². The van der Waals surface area contributed by atoms with Crippen LogP contribution in [0.1, 0.15) is 22.3 Å². The predicted octanol–water partition coefficient (Wildman–Crippen LogP) is 7.66. The Bertz CT molecular complexity index is 2590. The van der Waals surface area contributed by atoms with Gasteiger partial charge in [0.05, 0.1) is 5.41 Å². The van der Waals surface area contributed by atoms with Crippen molar-refractivity contribution in [1.29, 1.82) is 0 Å². The van der Waals surface area contributed by atoms with Gasteiger partial charge in [0.25, 0.3) is 0 Å². The van der Waals surface area contributed by atoms with Crippen molar-refractivity contribution in [3.8, 4) is 0 Å². The highest BCUT2D eigenvalue weighted by Gasteiger charge is 2.54. The van der Waals surface area contributed by atoms with Crippen molar-refractivity contribution >= 4 is 75.0 Å². The van der Waals surface area contributed by atoms with Crippen LogP contribution < -0.4 is 37.7 Å². The lowest BCUT2D eigenvalue weighted by molar-refractivity contribution is 0.754. The molecule has 0 aromatic heterocycles.